The van der Waals surface area contributed by atoms with Gasteiger partial charge in [0.1, 0.15) is 5.82 Å². The van der Waals surface area contributed by atoms with E-state index in [-0.39, 0.29) is 23.7 Å². The number of ether oxygens (including phenoxy) is 1. The summed E-state index contributed by atoms with van der Waals surface area (Å²) >= 11 is 0. The first-order valence-corrected chi connectivity index (χ1v) is 7.56. The van der Waals surface area contributed by atoms with E-state index in [1.807, 2.05) is 6.92 Å². The maximum Gasteiger partial charge on any atom is 0.234 e. The molecule has 1 fully saturated rings. The molecule has 1 N–H and O–H groups in total. The van der Waals surface area contributed by atoms with Gasteiger partial charge in [0.15, 0.2) is 0 Å². The molecule has 0 bridgehead atoms. The minimum Gasteiger partial charge on any atom is -0.379 e. The highest BCUT2D eigenvalue weighted by molar-refractivity contribution is 5.95. The third-order valence-electron chi connectivity index (χ3n) is 3.78. The van der Waals surface area contributed by atoms with Crippen molar-refractivity contribution in [2.75, 3.05) is 31.2 Å². The number of hydrogen-bond donors (Lipinski definition) is 1. The molecule has 0 saturated carbocycles. The van der Waals surface area contributed by atoms with Crippen LogP contribution in [-0.4, -0.2) is 38.3 Å². The number of hydrogen-bond acceptors (Lipinski definition) is 3. The Morgan fingerprint density at radius 3 is 2.81 bits per heavy atom. The molecule has 5 heteroatoms. The van der Waals surface area contributed by atoms with Gasteiger partial charge in [-0.2, -0.15) is 0 Å². The second-order valence-corrected chi connectivity index (χ2v) is 5.24. The number of benzene rings is 1. The van der Waals surface area contributed by atoms with Crippen molar-refractivity contribution in [2.45, 2.75) is 26.3 Å². The van der Waals surface area contributed by atoms with Gasteiger partial charge in [0.25, 0.3) is 0 Å². The highest BCUT2D eigenvalue weighted by Crippen LogP contribution is 2.24. The Morgan fingerprint density at radius 2 is 2.14 bits per heavy atom. The molecule has 0 spiro atoms. The molecule has 1 amide bonds. The molecule has 4 nitrogen and oxygen atoms in total. The number of para-hydroxylation sites is 1. The molecule has 1 aromatic carbocycles. The molecule has 2 unspecified atom stereocenters. The van der Waals surface area contributed by atoms with Crippen molar-refractivity contribution in [3.63, 3.8) is 0 Å². The van der Waals surface area contributed by atoms with Crippen molar-refractivity contribution < 1.29 is 13.9 Å². The van der Waals surface area contributed by atoms with E-state index < -0.39 is 0 Å². The summed E-state index contributed by atoms with van der Waals surface area (Å²) in [6.07, 6.45) is 1.00. The third-order valence-corrected chi connectivity index (χ3v) is 3.78. The molecule has 21 heavy (non-hydrogen) atoms. The van der Waals surface area contributed by atoms with Crippen LogP contribution in [-0.2, 0) is 9.53 Å². The fourth-order valence-corrected chi connectivity index (χ4v) is 2.64. The molecule has 0 aliphatic carbocycles. The van der Waals surface area contributed by atoms with Gasteiger partial charge in [-0.25, -0.2) is 4.39 Å². The summed E-state index contributed by atoms with van der Waals surface area (Å²) in [5.74, 6) is -0.700. The van der Waals surface area contributed by atoms with Gasteiger partial charge in [-0.05, 0) is 32.0 Å². The Balaban J connectivity index is 2.14. The predicted molar refractivity (Wildman–Crippen MR) is 80.8 cm³/mol. The fourth-order valence-electron chi connectivity index (χ4n) is 2.64. The quantitative estimate of drug-likeness (QED) is 0.874. The van der Waals surface area contributed by atoms with E-state index in [9.17, 15) is 9.18 Å². The fraction of sp³-hybridized carbons (Fsp3) is 0.562. The van der Waals surface area contributed by atoms with Crippen molar-refractivity contribution in [1.29, 1.82) is 0 Å². The largest absolute Gasteiger partial charge is 0.379 e. The highest BCUT2D eigenvalue weighted by Gasteiger charge is 2.36. The zero-order valence-electron chi connectivity index (χ0n) is 12.6. The lowest BCUT2D eigenvalue weighted by Crippen LogP contribution is -2.46. The Hall–Kier alpha value is -1.46. The number of rotatable bonds is 6. The summed E-state index contributed by atoms with van der Waals surface area (Å²) in [6.45, 7) is 6.16. The first-order valence-electron chi connectivity index (χ1n) is 7.56. The molecule has 116 valence electrons. The average molecular weight is 294 g/mol. The van der Waals surface area contributed by atoms with Crippen LogP contribution < -0.4 is 10.2 Å². The van der Waals surface area contributed by atoms with Crippen LogP contribution in [0.3, 0.4) is 0 Å². The normalized spacial score (nSPS) is 21.5. The maximum atomic E-state index is 13.9. The highest BCUT2D eigenvalue weighted by atomic mass is 19.1. The second kappa shape index (κ2) is 7.52. The van der Waals surface area contributed by atoms with Crippen LogP contribution in [0, 0.1) is 11.7 Å². The molecule has 1 saturated heterocycles. The van der Waals surface area contributed by atoms with Gasteiger partial charge >= 0.3 is 0 Å². The van der Waals surface area contributed by atoms with Crippen molar-refractivity contribution in [2.24, 2.45) is 5.92 Å². The number of anilines is 1. The zero-order valence-corrected chi connectivity index (χ0v) is 12.6. The first kappa shape index (κ1) is 15.9. The Bertz CT molecular complexity index is 481. The molecule has 0 radical (unpaired) electrons. The van der Waals surface area contributed by atoms with Crippen LogP contribution in [0.5, 0.6) is 0 Å². The Kier molecular flexibility index (Phi) is 5.70. The second-order valence-electron chi connectivity index (χ2n) is 5.24. The van der Waals surface area contributed by atoms with E-state index in [4.69, 9.17) is 4.74 Å². The molecular weight excluding hydrogens is 271 g/mol. The molecule has 2 atom stereocenters. The summed E-state index contributed by atoms with van der Waals surface area (Å²) in [7, 11) is 0. The van der Waals surface area contributed by atoms with Gasteiger partial charge in [-0.3, -0.25) is 4.79 Å². The van der Waals surface area contributed by atoms with Crippen LogP contribution in [0.15, 0.2) is 24.3 Å². The molecule has 1 aliphatic heterocycles. The topological polar surface area (TPSA) is 41.6 Å². The van der Waals surface area contributed by atoms with E-state index in [1.54, 1.807) is 18.2 Å². The van der Waals surface area contributed by atoms with Gasteiger partial charge < -0.3 is 15.0 Å². The standard InChI is InChI=1S/C16H23FN2O2/c1-3-9-18-14-11-21-10-12(14)16(20)19(4-2)15-8-6-5-7-13(15)17/h5-8,12,14,18H,3-4,9-11H2,1-2H3. The van der Waals surface area contributed by atoms with Crippen molar-refractivity contribution in [3.05, 3.63) is 30.1 Å². The number of carbonyl (C=O) groups excluding carboxylic acids is 1. The van der Waals surface area contributed by atoms with Gasteiger partial charge in [0.2, 0.25) is 5.91 Å². The summed E-state index contributed by atoms with van der Waals surface area (Å²) in [5, 5.41) is 3.34. The number of halogens is 1. The Labute approximate surface area is 125 Å². The summed E-state index contributed by atoms with van der Waals surface area (Å²) in [6, 6.07) is 6.40. The monoisotopic (exact) mass is 294 g/mol. The number of carbonyl (C=O) groups is 1. The smallest absolute Gasteiger partial charge is 0.234 e. The van der Waals surface area contributed by atoms with E-state index >= 15 is 0 Å². The van der Waals surface area contributed by atoms with Crippen LogP contribution >= 0.6 is 0 Å². The van der Waals surface area contributed by atoms with E-state index in [1.165, 1.54) is 11.0 Å². The number of nitrogens with zero attached hydrogens (tertiary/aromatic N) is 1. The number of amides is 1. The molecule has 0 aromatic heterocycles. The molecule has 2 rings (SSSR count). The van der Waals surface area contributed by atoms with E-state index in [0.29, 0.717) is 25.4 Å². The first-order chi connectivity index (χ1) is 10.2. The van der Waals surface area contributed by atoms with Crippen LogP contribution in [0.2, 0.25) is 0 Å². The molecule has 1 aromatic rings. The van der Waals surface area contributed by atoms with Crippen molar-refractivity contribution in [1.82, 2.24) is 5.32 Å². The molecular formula is C16H23FN2O2. The van der Waals surface area contributed by atoms with Gasteiger partial charge in [0.05, 0.1) is 24.8 Å². The number of nitrogens with one attached hydrogen (secondary N) is 1. The lowest BCUT2D eigenvalue weighted by Gasteiger charge is -2.27. The predicted octanol–water partition coefficient (Wildman–Crippen LogP) is 2.19. The lowest BCUT2D eigenvalue weighted by atomic mass is 10.0. The van der Waals surface area contributed by atoms with Crippen LogP contribution in [0.4, 0.5) is 10.1 Å². The zero-order chi connectivity index (χ0) is 15.2. The Morgan fingerprint density at radius 1 is 1.38 bits per heavy atom. The van der Waals surface area contributed by atoms with Crippen LogP contribution in [0.1, 0.15) is 20.3 Å². The van der Waals surface area contributed by atoms with Crippen LogP contribution in [0.25, 0.3) is 0 Å². The van der Waals surface area contributed by atoms with Gasteiger partial charge in [-0.1, -0.05) is 19.1 Å². The van der Waals surface area contributed by atoms with Crippen molar-refractivity contribution in [3.8, 4) is 0 Å². The average Bonchev–Trinajstić information content (AvgIpc) is 2.96. The molecule has 1 aliphatic rings. The maximum absolute atomic E-state index is 13.9. The van der Waals surface area contributed by atoms with E-state index in [2.05, 4.69) is 12.2 Å². The van der Waals surface area contributed by atoms with Gasteiger partial charge in [0, 0.05) is 12.6 Å². The summed E-state index contributed by atoms with van der Waals surface area (Å²) in [4.78, 5) is 14.3. The minimum absolute atomic E-state index is 0.0123. The SMILES string of the molecule is CCCNC1COCC1C(=O)N(CC)c1ccccc1F. The lowest BCUT2D eigenvalue weighted by molar-refractivity contribution is -0.122. The van der Waals surface area contributed by atoms with E-state index in [0.717, 1.165) is 13.0 Å². The van der Waals surface area contributed by atoms with Gasteiger partial charge in [-0.15, -0.1) is 0 Å². The molecule has 1 heterocycles. The summed E-state index contributed by atoms with van der Waals surface area (Å²) < 4.78 is 19.4. The third kappa shape index (κ3) is 3.60. The minimum atomic E-state index is -0.371. The van der Waals surface area contributed by atoms with Crippen molar-refractivity contribution >= 4 is 11.6 Å². The summed E-state index contributed by atoms with van der Waals surface area (Å²) in [5.41, 5.74) is 0.339.